The van der Waals surface area contributed by atoms with E-state index in [1.54, 1.807) is 16.4 Å². The molecule has 7 heteroatoms. The zero-order valence-electron chi connectivity index (χ0n) is 17.7. The van der Waals surface area contributed by atoms with Crippen molar-refractivity contribution in [2.75, 3.05) is 6.54 Å². The van der Waals surface area contributed by atoms with Gasteiger partial charge in [-0.15, -0.1) is 0 Å². The molecule has 0 spiro atoms. The number of nitrogens with zero attached hydrogens (tertiary/aromatic N) is 3. The van der Waals surface area contributed by atoms with Crippen LogP contribution < -0.4 is 0 Å². The largest absolute Gasteiger partial charge is 0.347 e. The van der Waals surface area contributed by atoms with Crippen molar-refractivity contribution in [3.63, 3.8) is 0 Å². The monoisotopic (exact) mass is 434 g/mol. The minimum Gasteiger partial charge on any atom is -0.347 e. The third-order valence-electron chi connectivity index (χ3n) is 6.29. The number of hydrogen-bond donors (Lipinski definition) is 1. The lowest BCUT2D eigenvalue weighted by molar-refractivity contribution is 0.399. The fourth-order valence-corrected chi connectivity index (χ4v) is 6.37. The smallest absolute Gasteiger partial charge is 0.243 e. The van der Waals surface area contributed by atoms with Crippen LogP contribution in [0.5, 0.6) is 0 Å². The summed E-state index contributed by atoms with van der Waals surface area (Å²) in [5.74, 6) is 0.277. The fraction of sp³-hybridized carbons (Fsp3) is 0.292. The molecule has 31 heavy (non-hydrogen) atoms. The summed E-state index contributed by atoms with van der Waals surface area (Å²) in [5, 5.41) is 8.06. The summed E-state index contributed by atoms with van der Waals surface area (Å²) in [5.41, 5.74) is 4.42. The maximum atomic E-state index is 13.2. The third kappa shape index (κ3) is 3.68. The minimum atomic E-state index is -3.47. The van der Waals surface area contributed by atoms with E-state index in [-0.39, 0.29) is 12.0 Å². The molecule has 0 bridgehead atoms. The van der Waals surface area contributed by atoms with E-state index in [0.717, 1.165) is 29.7 Å². The molecule has 2 aromatic carbocycles. The highest BCUT2D eigenvalue weighted by atomic mass is 32.2. The number of aromatic nitrogens is 3. The molecule has 2 aromatic heterocycles. The average Bonchev–Trinajstić information content (AvgIpc) is 3.49. The van der Waals surface area contributed by atoms with Gasteiger partial charge in [0.25, 0.3) is 0 Å². The van der Waals surface area contributed by atoms with Gasteiger partial charge in [-0.25, -0.2) is 8.42 Å². The molecule has 5 rings (SSSR count). The third-order valence-corrected chi connectivity index (χ3v) is 8.28. The number of aryl methyl sites for hydroxylation is 1. The highest BCUT2D eigenvalue weighted by Crippen LogP contribution is 2.32. The van der Waals surface area contributed by atoms with E-state index in [1.165, 1.54) is 10.9 Å². The summed E-state index contributed by atoms with van der Waals surface area (Å²) in [6.45, 7) is 5.32. The second-order valence-corrected chi connectivity index (χ2v) is 10.5. The molecular weight excluding hydrogens is 408 g/mol. The van der Waals surface area contributed by atoms with Gasteiger partial charge in [0.05, 0.1) is 11.1 Å². The molecule has 0 aliphatic carbocycles. The van der Waals surface area contributed by atoms with Gasteiger partial charge in [-0.2, -0.15) is 9.40 Å². The summed E-state index contributed by atoms with van der Waals surface area (Å²) in [7, 11) is -3.47. The lowest BCUT2D eigenvalue weighted by atomic mass is 10.1. The SMILES string of the molecule is Cc1ccc(S(=O)(=O)N2C[C@H](Cn3ccc4cc(-c5cn[nH]c5)ccc43)C[C@H]2C)cc1. The number of nitrogens with one attached hydrogen (secondary N) is 1. The van der Waals surface area contributed by atoms with Gasteiger partial charge in [0.2, 0.25) is 10.0 Å². The Morgan fingerprint density at radius 2 is 1.90 bits per heavy atom. The van der Waals surface area contributed by atoms with Crippen LogP contribution in [-0.4, -0.2) is 40.1 Å². The Kier molecular flexibility index (Phi) is 4.95. The van der Waals surface area contributed by atoms with Crippen LogP contribution in [0.2, 0.25) is 0 Å². The van der Waals surface area contributed by atoms with Crippen molar-refractivity contribution in [1.82, 2.24) is 19.1 Å². The second-order valence-electron chi connectivity index (χ2n) is 8.57. The number of fused-ring (bicyclic) bond motifs is 1. The van der Waals surface area contributed by atoms with Crippen LogP contribution >= 0.6 is 0 Å². The molecule has 0 amide bonds. The van der Waals surface area contributed by atoms with Gasteiger partial charge in [-0.3, -0.25) is 5.10 Å². The van der Waals surface area contributed by atoms with Crippen LogP contribution in [0.1, 0.15) is 18.9 Å². The van der Waals surface area contributed by atoms with Crippen molar-refractivity contribution in [2.45, 2.75) is 37.8 Å². The number of benzene rings is 2. The maximum Gasteiger partial charge on any atom is 0.243 e. The molecule has 0 unspecified atom stereocenters. The van der Waals surface area contributed by atoms with Crippen LogP contribution in [0.25, 0.3) is 22.0 Å². The van der Waals surface area contributed by atoms with Gasteiger partial charge in [0.15, 0.2) is 0 Å². The van der Waals surface area contributed by atoms with Gasteiger partial charge in [-0.1, -0.05) is 23.8 Å². The summed E-state index contributed by atoms with van der Waals surface area (Å²) in [6, 6.07) is 15.7. The Bertz CT molecular complexity index is 1310. The molecule has 1 fully saturated rings. The first-order valence-electron chi connectivity index (χ1n) is 10.6. The number of hydrogen-bond acceptors (Lipinski definition) is 3. The Hall–Kier alpha value is -2.90. The highest BCUT2D eigenvalue weighted by molar-refractivity contribution is 7.89. The molecule has 4 aromatic rings. The molecule has 0 radical (unpaired) electrons. The Balaban J connectivity index is 1.35. The normalized spacial score (nSPS) is 19.9. The van der Waals surface area contributed by atoms with E-state index in [2.05, 4.69) is 45.2 Å². The zero-order valence-corrected chi connectivity index (χ0v) is 18.5. The van der Waals surface area contributed by atoms with Gasteiger partial charge in [-0.05, 0) is 62.1 Å². The maximum absolute atomic E-state index is 13.2. The van der Waals surface area contributed by atoms with Gasteiger partial charge < -0.3 is 4.57 Å². The topological polar surface area (TPSA) is 71.0 Å². The Morgan fingerprint density at radius 3 is 2.65 bits per heavy atom. The summed E-state index contributed by atoms with van der Waals surface area (Å²) < 4.78 is 30.3. The molecule has 3 heterocycles. The van der Waals surface area contributed by atoms with Crippen molar-refractivity contribution in [1.29, 1.82) is 0 Å². The van der Waals surface area contributed by atoms with Crippen LogP contribution in [0.3, 0.4) is 0 Å². The molecule has 1 N–H and O–H groups in total. The van der Waals surface area contributed by atoms with E-state index in [1.807, 2.05) is 38.4 Å². The standard InChI is InChI=1S/C24H26N4O2S/c1-17-3-6-23(7-4-17)31(29,30)28-16-19(11-18(28)2)15-27-10-9-21-12-20(5-8-24(21)27)22-13-25-26-14-22/h3-10,12-14,18-19H,11,15-16H2,1-2H3,(H,25,26)/t18-,19+/m1/s1. The van der Waals surface area contributed by atoms with Crippen molar-refractivity contribution in [3.05, 3.63) is 72.7 Å². The molecule has 160 valence electrons. The van der Waals surface area contributed by atoms with E-state index in [4.69, 9.17) is 0 Å². The van der Waals surface area contributed by atoms with E-state index < -0.39 is 10.0 Å². The quantitative estimate of drug-likeness (QED) is 0.505. The van der Waals surface area contributed by atoms with Crippen molar-refractivity contribution in [2.24, 2.45) is 5.92 Å². The second kappa shape index (κ2) is 7.66. The first-order chi connectivity index (χ1) is 14.9. The van der Waals surface area contributed by atoms with Crippen molar-refractivity contribution < 1.29 is 8.42 Å². The van der Waals surface area contributed by atoms with E-state index in [9.17, 15) is 8.42 Å². The van der Waals surface area contributed by atoms with Gasteiger partial charge >= 0.3 is 0 Å². The Morgan fingerprint density at radius 1 is 1.10 bits per heavy atom. The molecule has 1 aliphatic heterocycles. The van der Waals surface area contributed by atoms with Crippen LogP contribution in [0.15, 0.2) is 72.0 Å². The van der Waals surface area contributed by atoms with Crippen LogP contribution in [0.4, 0.5) is 0 Å². The molecule has 6 nitrogen and oxygen atoms in total. The molecule has 1 saturated heterocycles. The number of H-pyrrole nitrogens is 1. The van der Waals surface area contributed by atoms with Crippen LogP contribution in [-0.2, 0) is 16.6 Å². The first kappa shape index (κ1) is 20.0. The van der Waals surface area contributed by atoms with E-state index in [0.29, 0.717) is 11.4 Å². The number of aromatic amines is 1. The summed E-state index contributed by atoms with van der Waals surface area (Å²) in [6.07, 6.45) is 6.67. The lowest BCUT2D eigenvalue weighted by Crippen LogP contribution is -2.34. The van der Waals surface area contributed by atoms with Crippen molar-refractivity contribution >= 4 is 20.9 Å². The molecular formula is C24H26N4O2S. The van der Waals surface area contributed by atoms with Crippen molar-refractivity contribution in [3.8, 4) is 11.1 Å². The molecule has 1 aliphatic rings. The minimum absolute atomic E-state index is 0.00850. The summed E-state index contributed by atoms with van der Waals surface area (Å²) >= 11 is 0. The first-order valence-corrected chi connectivity index (χ1v) is 12.0. The average molecular weight is 435 g/mol. The van der Waals surface area contributed by atoms with E-state index >= 15 is 0 Å². The van der Waals surface area contributed by atoms with Gasteiger partial charge in [0, 0.05) is 48.0 Å². The lowest BCUT2D eigenvalue weighted by Gasteiger charge is -2.21. The molecule has 0 saturated carbocycles. The Labute approximate surface area is 182 Å². The summed E-state index contributed by atoms with van der Waals surface area (Å²) in [4.78, 5) is 0.379. The molecule has 2 atom stereocenters. The number of sulfonamides is 1. The zero-order chi connectivity index (χ0) is 21.6. The van der Waals surface area contributed by atoms with Crippen LogP contribution in [0, 0.1) is 12.8 Å². The fourth-order valence-electron chi connectivity index (χ4n) is 4.65. The highest BCUT2D eigenvalue weighted by Gasteiger charge is 2.37. The predicted octanol–water partition coefficient (Wildman–Crippen LogP) is 4.44. The van der Waals surface area contributed by atoms with Gasteiger partial charge in [0.1, 0.15) is 0 Å². The predicted molar refractivity (Wildman–Crippen MR) is 122 cm³/mol. The number of rotatable bonds is 5.